The van der Waals surface area contributed by atoms with E-state index in [4.69, 9.17) is 4.42 Å². The Morgan fingerprint density at radius 2 is 2.00 bits per heavy atom. The summed E-state index contributed by atoms with van der Waals surface area (Å²) in [5.41, 5.74) is 4.38. The highest BCUT2D eigenvalue weighted by atomic mass is 16.4. The summed E-state index contributed by atoms with van der Waals surface area (Å²) in [4.78, 5) is 11.2. The molecule has 1 saturated heterocycles. The summed E-state index contributed by atoms with van der Waals surface area (Å²) < 4.78 is 5.98. The van der Waals surface area contributed by atoms with E-state index in [0.717, 1.165) is 31.6 Å². The lowest BCUT2D eigenvalue weighted by Crippen LogP contribution is -2.23. The molecule has 32 heavy (non-hydrogen) atoms. The first-order chi connectivity index (χ1) is 15.8. The zero-order valence-corrected chi connectivity index (χ0v) is 17.2. The molecular formula is C22H21N9O. The fraction of sp³-hybridized carbons (Fsp3) is 0.364. The molecule has 10 nitrogen and oxygen atoms in total. The van der Waals surface area contributed by atoms with Crippen molar-refractivity contribution < 1.29 is 4.42 Å². The Bertz CT molecular complexity index is 1260. The van der Waals surface area contributed by atoms with Crippen molar-refractivity contribution >= 4 is 12.0 Å². The van der Waals surface area contributed by atoms with Crippen LogP contribution in [0.25, 0.3) is 11.6 Å². The Balaban J connectivity index is 1.05. The summed E-state index contributed by atoms with van der Waals surface area (Å²) in [6.07, 6.45) is 5.64. The molecule has 4 heterocycles. The first-order valence-corrected chi connectivity index (χ1v) is 11.0. The van der Waals surface area contributed by atoms with Gasteiger partial charge in [-0.3, -0.25) is 0 Å². The Hall–Kier alpha value is -3.82. The Kier molecular flexibility index (Phi) is 3.81. The standard InChI is InChI=1S/C22H21N9O/c1-2-4-13-12(3-1)5-6-16(13)25-21-23-8-7-17(26-21)20-28-29-22(32-20)31-10-14-15(11-31)19(14)18-9-24-30-27-18/h1-4,7-9,14-16,19H,5-6,10-11H2,(H,23,25,26)(H,24,27,30)/t14?,15?,16-,19?/m0/s1. The summed E-state index contributed by atoms with van der Waals surface area (Å²) in [6.45, 7) is 1.78. The lowest BCUT2D eigenvalue weighted by Gasteiger charge is -2.16. The van der Waals surface area contributed by atoms with Crippen LogP contribution in [0, 0.1) is 11.8 Å². The maximum atomic E-state index is 5.98. The van der Waals surface area contributed by atoms with Gasteiger partial charge in [0.25, 0.3) is 5.89 Å². The summed E-state index contributed by atoms with van der Waals surface area (Å²) in [5, 5.41) is 22.8. The van der Waals surface area contributed by atoms with Gasteiger partial charge in [-0.15, -0.1) is 5.10 Å². The van der Waals surface area contributed by atoms with Crippen molar-refractivity contribution in [2.45, 2.75) is 24.8 Å². The number of fused-ring (bicyclic) bond motifs is 2. The van der Waals surface area contributed by atoms with E-state index in [-0.39, 0.29) is 6.04 Å². The monoisotopic (exact) mass is 427 g/mol. The van der Waals surface area contributed by atoms with Gasteiger partial charge in [0.1, 0.15) is 5.69 Å². The second-order valence-electron chi connectivity index (χ2n) is 8.74. The number of anilines is 2. The molecule has 4 aromatic rings. The summed E-state index contributed by atoms with van der Waals surface area (Å²) >= 11 is 0. The van der Waals surface area contributed by atoms with Crippen LogP contribution in [-0.4, -0.2) is 48.7 Å². The van der Waals surface area contributed by atoms with Crippen LogP contribution in [0.15, 0.2) is 47.1 Å². The number of aryl methyl sites for hydroxylation is 1. The number of nitrogens with zero attached hydrogens (tertiary/aromatic N) is 7. The number of aromatic amines is 1. The minimum atomic E-state index is 0.216. The number of piperidine rings is 1. The van der Waals surface area contributed by atoms with Crippen molar-refractivity contribution in [1.82, 2.24) is 35.6 Å². The van der Waals surface area contributed by atoms with Crippen LogP contribution >= 0.6 is 0 Å². The molecule has 2 N–H and O–H groups in total. The van der Waals surface area contributed by atoms with Crippen LogP contribution in [0.5, 0.6) is 0 Å². The largest absolute Gasteiger partial charge is 0.402 e. The van der Waals surface area contributed by atoms with Gasteiger partial charge in [-0.05, 0) is 41.9 Å². The SMILES string of the molecule is c1ccc2c(c1)CC[C@@H]2Nc1nccc(-c2nnc(N3CC4C(C3)C4c3cn[nH]n3)o2)n1. The number of rotatable bonds is 5. The molecule has 0 spiro atoms. The third kappa shape index (κ3) is 2.86. The van der Waals surface area contributed by atoms with E-state index >= 15 is 0 Å². The van der Waals surface area contributed by atoms with E-state index in [9.17, 15) is 0 Å². The molecule has 1 aliphatic heterocycles. The van der Waals surface area contributed by atoms with E-state index in [1.54, 1.807) is 12.3 Å². The number of nitrogens with one attached hydrogen (secondary N) is 2. The van der Waals surface area contributed by atoms with Crippen LogP contribution in [0.1, 0.15) is 35.2 Å². The number of aromatic nitrogens is 7. The van der Waals surface area contributed by atoms with Gasteiger partial charge in [0, 0.05) is 25.2 Å². The van der Waals surface area contributed by atoms with Gasteiger partial charge in [0.15, 0.2) is 0 Å². The van der Waals surface area contributed by atoms with Gasteiger partial charge in [-0.1, -0.05) is 29.4 Å². The van der Waals surface area contributed by atoms with E-state index in [1.165, 1.54) is 11.1 Å². The zero-order chi connectivity index (χ0) is 21.1. The average molecular weight is 427 g/mol. The molecule has 10 heteroatoms. The number of H-pyrrole nitrogens is 1. The Morgan fingerprint density at radius 3 is 2.88 bits per heavy atom. The highest BCUT2D eigenvalue weighted by Gasteiger charge is 2.58. The highest BCUT2D eigenvalue weighted by molar-refractivity contribution is 5.51. The van der Waals surface area contributed by atoms with E-state index < -0.39 is 0 Å². The maximum Gasteiger partial charge on any atom is 0.318 e. The van der Waals surface area contributed by atoms with Crippen LogP contribution in [0.2, 0.25) is 0 Å². The van der Waals surface area contributed by atoms with Gasteiger partial charge in [0.05, 0.1) is 17.9 Å². The second kappa shape index (κ2) is 6.84. The van der Waals surface area contributed by atoms with Crippen LogP contribution in [0.4, 0.5) is 12.0 Å². The van der Waals surface area contributed by atoms with Crippen LogP contribution in [0.3, 0.4) is 0 Å². The molecule has 160 valence electrons. The van der Waals surface area contributed by atoms with Crippen LogP contribution in [-0.2, 0) is 6.42 Å². The van der Waals surface area contributed by atoms with E-state index in [2.05, 4.69) is 70.1 Å². The fourth-order valence-electron chi connectivity index (χ4n) is 5.35. The molecule has 1 saturated carbocycles. The summed E-state index contributed by atoms with van der Waals surface area (Å²) in [7, 11) is 0. The minimum Gasteiger partial charge on any atom is -0.402 e. The third-order valence-corrected chi connectivity index (χ3v) is 6.96. The van der Waals surface area contributed by atoms with Crippen molar-refractivity contribution in [2.75, 3.05) is 23.3 Å². The Labute approximate surface area is 183 Å². The molecule has 0 amide bonds. The summed E-state index contributed by atoms with van der Waals surface area (Å²) in [5.74, 6) is 2.61. The van der Waals surface area contributed by atoms with Crippen molar-refractivity contribution in [1.29, 1.82) is 0 Å². The Morgan fingerprint density at radius 1 is 1.09 bits per heavy atom. The molecular weight excluding hydrogens is 406 g/mol. The molecule has 7 rings (SSSR count). The third-order valence-electron chi connectivity index (χ3n) is 6.96. The number of benzene rings is 1. The molecule has 3 aliphatic rings. The predicted octanol–water partition coefficient (Wildman–Crippen LogP) is 2.59. The highest BCUT2D eigenvalue weighted by Crippen LogP contribution is 2.58. The van der Waals surface area contributed by atoms with E-state index in [0.29, 0.717) is 41.3 Å². The normalized spacial score (nSPS) is 25.6. The van der Waals surface area contributed by atoms with Gasteiger partial charge in [-0.25, -0.2) is 9.97 Å². The van der Waals surface area contributed by atoms with E-state index in [1.807, 2.05) is 6.20 Å². The first kappa shape index (κ1) is 17.8. The molecule has 1 aromatic carbocycles. The first-order valence-electron chi connectivity index (χ1n) is 11.0. The second-order valence-corrected chi connectivity index (χ2v) is 8.74. The molecule has 0 bridgehead atoms. The molecule has 2 aliphatic carbocycles. The molecule has 2 fully saturated rings. The lowest BCUT2D eigenvalue weighted by molar-refractivity contribution is 0.542. The lowest BCUT2D eigenvalue weighted by atomic mass is 10.1. The van der Waals surface area contributed by atoms with Crippen molar-refractivity contribution in [3.63, 3.8) is 0 Å². The number of hydrogen-bond donors (Lipinski definition) is 2. The van der Waals surface area contributed by atoms with Crippen molar-refractivity contribution in [3.05, 3.63) is 59.5 Å². The quantitative estimate of drug-likeness (QED) is 0.495. The molecule has 0 radical (unpaired) electrons. The van der Waals surface area contributed by atoms with Gasteiger partial charge in [0.2, 0.25) is 5.95 Å². The van der Waals surface area contributed by atoms with Crippen molar-refractivity contribution in [2.24, 2.45) is 11.8 Å². The molecule has 3 aromatic heterocycles. The predicted molar refractivity (Wildman–Crippen MR) is 115 cm³/mol. The smallest absolute Gasteiger partial charge is 0.318 e. The zero-order valence-electron chi connectivity index (χ0n) is 17.2. The minimum absolute atomic E-state index is 0.216. The van der Waals surface area contributed by atoms with Gasteiger partial charge in [-0.2, -0.15) is 15.4 Å². The van der Waals surface area contributed by atoms with Crippen LogP contribution < -0.4 is 10.2 Å². The molecule has 2 unspecified atom stereocenters. The molecule has 3 atom stereocenters. The van der Waals surface area contributed by atoms with Crippen molar-refractivity contribution in [3.8, 4) is 11.6 Å². The average Bonchev–Trinajstić information content (AvgIpc) is 3.46. The van der Waals surface area contributed by atoms with Gasteiger partial charge < -0.3 is 14.6 Å². The topological polar surface area (TPSA) is 122 Å². The fourth-order valence-corrected chi connectivity index (χ4v) is 5.35. The van der Waals surface area contributed by atoms with Gasteiger partial charge >= 0.3 is 6.01 Å². The maximum absolute atomic E-state index is 5.98. The number of hydrogen-bond acceptors (Lipinski definition) is 9. The summed E-state index contributed by atoms with van der Waals surface area (Å²) in [6, 6.07) is 11.1.